The molecule has 2 fully saturated rings. The zero-order valence-electron chi connectivity index (χ0n) is 18.1. The fraction of sp³-hybridized carbons (Fsp3) is 0.583. The van der Waals surface area contributed by atoms with E-state index in [1.807, 2.05) is 30.9 Å². The van der Waals surface area contributed by atoms with Crippen molar-refractivity contribution in [1.29, 1.82) is 0 Å². The first-order chi connectivity index (χ1) is 14.3. The van der Waals surface area contributed by atoms with E-state index in [0.717, 1.165) is 42.2 Å². The molecule has 3 atom stereocenters. The average Bonchev–Trinajstić information content (AvgIpc) is 2.71. The summed E-state index contributed by atoms with van der Waals surface area (Å²) in [5, 5.41) is 11.6. The lowest BCUT2D eigenvalue weighted by Crippen LogP contribution is -2.56. The van der Waals surface area contributed by atoms with Crippen molar-refractivity contribution in [3.8, 4) is 5.75 Å². The minimum atomic E-state index is -0.665. The third-order valence-corrected chi connectivity index (χ3v) is 6.81. The van der Waals surface area contributed by atoms with Gasteiger partial charge in [-0.25, -0.2) is 4.79 Å². The summed E-state index contributed by atoms with van der Waals surface area (Å²) in [7, 11) is 0. The predicted octanol–water partition coefficient (Wildman–Crippen LogP) is 3.58. The summed E-state index contributed by atoms with van der Waals surface area (Å²) in [5.41, 5.74) is 1.24. The van der Waals surface area contributed by atoms with Gasteiger partial charge in [0.2, 0.25) is 0 Å². The largest absolute Gasteiger partial charge is 0.480 e. The van der Waals surface area contributed by atoms with Crippen LogP contribution in [0.15, 0.2) is 27.4 Å². The van der Waals surface area contributed by atoms with Crippen molar-refractivity contribution >= 4 is 16.9 Å². The zero-order chi connectivity index (χ0) is 21.5. The monoisotopic (exact) mass is 413 g/mol. The van der Waals surface area contributed by atoms with Gasteiger partial charge in [-0.1, -0.05) is 19.8 Å². The molecule has 1 N–H and O–H groups in total. The molecular weight excluding hydrogens is 382 g/mol. The van der Waals surface area contributed by atoms with Crippen LogP contribution >= 0.6 is 0 Å². The number of rotatable bonds is 4. The molecule has 1 amide bonds. The SMILES string of the molecule is CCc1cc(=O)oc2cc(C)cc(O[C@H](C)C(=O)N3CC[C@]4(O)CCCC[C@@H]4C3)c12. The summed E-state index contributed by atoms with van der Waals surface area (Å²) in [6.07, 6.45) is 4.62. The molecule has 6 heteroatoms. The lowest BCUT2D eigenvalue weighted by molar-refractivity contribution is -0.149. The van der Waals surface area contributed by atoms with Gasteiger partial charge in [-0.2, -0.15) is 0 Å². The van der Waals surface area contributed by atoms with Gasteiger partial charge in [-0.15, -0.1) is 0 Å². The number of benzene rings is 1. The molecule has 6 nitrogen and oxygen atoms in total. The molecule has 1 saturated heterocycles. The number of piperidine rings is 1. The van der Waals surface area contributed by atoms with E-state index >= 15 is 0 Å². The minimum Gasteiger partial charge on any atom is -0.480 e. The van der Waals surface area contributed by atoms with Crippen molar-refractivity contribution in [2.45, 2.75) is 71.0 Å². The number of likely N-dealkylation sites (tertiary alicyclic amines) is 1. The lowest BCUT2D eigenvalue weighted by Gasteiger charge is -2.47. The maximum Gasteiger partial charge on any atom is 0.336 e. The first-order valence-corrected chi connectivity index (χ1v) is 11.1. The van der Waals surface area contributed by atoms with E-state index in [0.29, 0.717) is 37.3 Å². The smallest absolute Gasteiger partial charge is 0.336 e. The van der Waals surface area contributed by atoms with E-state index in [2.05, 4.69) is 0 Å². The van der Waals surface area contributed by atoms with Crippen LogP contribution in [0.5, 0.6) is 5.75 Å². The molecule has 0 radical (unpaired) electrons. The van der Waals surface area contributed by atoms with Crippen molar-refractivity contribution in [1.82, 2.24) is 4.90 Å². The Labute approximate surface area is 176 Å². The highest BCUT2D eigenvalue weighted by Crippen LogP contribution is 2.40. The van der Waals surface area contributed by atoms with Gasteiger partial charge in [0.1, 0.15) is 11.3 Å². The van der Waals surface area contributed by atoms with Gasteiger partial charge in [-0.3, -0.25) is 4.79 Å². The minimum absolute atomic E-state index is 0.0623. The van der Waals surface area contributed by atoms with Gasteiger partial charge in [0.05, 0.1) is 11.0 Å². The van der Waals surface area contributed by atoms with Gasteiger partial charge in [-0.05, 0) is 62.8 Å². The van der Waals surface area contributed by atoms with Crippen LogP contribution in [0.2, 0.25) is 0 Å². The van der Waals surface area contributed by atoms with Crippen LogP contribution < -0.4 is 10.4 Å². The summed E-state index contributed by atoms with van der Waals surface area (Å²) < 4.78 is 11.5. The fourth-order valence-electron chi connectivity index (χ4n) is 5.11. The molecule has 0 unspecified atom stereocenters. The Morgan fingerprint density at radius 1 is 1.33 bits per heavy atom. The van der Waals surface area contributed by atoms with E-state index in [4.69, 9.17) is 9.15 Å². The standard InChI is InChI=1S/C24H31NO5/c1-4-17-13-21(26)30-20-12-15(2)11-19(22(17)20)29-16(3)23(27)25-10-9-24(28)8-6-5-7-18(24)14-25/h11-13,16,18,28H,4-10,14H2,1-3H3/t16-,18-,24-/m1/s1. The molecule has 2 aliphatic rings. The van der Waals surface area contributed by atoms with E-state index < -0.39 is 11.7 Å². The van der Waals surface area contributed by atoms with Crippen LogP contribution in [0.1, 0.15) is 57.1 Å². The van der Waals surface area contributed by atoms with Gasteiger partial charge < -0.3 is 19.2 Å². The third kappa shape index (κ3) is 3.85. The Kier molecular flexibility index (Phi) is 5.62. The molecule has 4 rings (SSSR count). The first-order valence-electron chi connectivity index (χ1n) is 11.1. The van der Waals surface area contributed by atoms with Crippen molar-refractivity contribution in [2.24, 2.45) is 5.92 Å². The Hall–Kier alpha value is -2.34. The number of aliphatic hydroxyl groups is 1. The van der Waals surface area contributed by atoms with Gasteiger partial charge in [0.25, 0.3) is 5.91 Å². The molecular formula is C24H31NO5. The summed E-state index contributed by atoms with van der Waals surface area (Å²) in [6.45, 7) is 6.80. The van der Waals surface area contributed by atoms with E-state index in [9.17, 15) is 14.7 Å². The fourth-order valence-corrected chi connectivity index (χ4v) is 5.11. The number of nitrogens with zero attached hydrogens (tertiary/aromatic N) is 1. The maximum atomic E-state index is 13.2. The van der Waals surface area contributed by atoms with Crippen molar-refractivity contribution < 1.29 is 19.1 Å². The number of amides is 1. The number of carbonyl (C=O) groups is 1. The zero-order valence-corrected chi connectivity index (χ0v) is 18.1. The summed E-state index contributed by atoms with van der Waals surface area (Å²) >= 11 is 0. The van der Waals surface area contributed by atoms with E-state index in [1.165, 1.54) is 6.07 Å². The number of ether oxygens (including phenoxy) is 1. The van der Waals surface area contributed by atoms with E-state index in [-0.39, 0.29) is 17.5 Å². The normalized spacial score (nSPS) is 25.1. The number of aryl methyl sites for hydroxylation is 2. The second-order valence-corrected chi connectivity index (χ2v) is 8.92. The number of hydrogen-bond acceptors (Lipinski definition) is 5. The summed E-state index contributed by atoms with van der Waals surface area (Å²) in [5.74, 6) is 0.655. The average molecular weight is 414 g/mol. The number of carbonyl (C=O) groups excluding carboxylic acids is 1. The Bertz CT molecular complexity index is 1010. The van der Waals surface area contributed by atoms with Crippen molar-refractivity contribution in [2.75, 3.05) is 13.1 Å². The summed E-state index contributed by atoms with van der Waals surface area (Å²) in [6, 6.07) is 5.21. The van der Waals surface area contributed by atoms with Crippen LogP contribution in [0, 0.1) is 12.8 Å². The highest BCUT2D eigenvalue weighted by molar-refractivity contribution is 5.88. The van der Waals surface area contributed by atoms with Crippen molar-refractivity contribution in [3.63, 3.8) is 0 Å². The molecule has 1 aromatic carbocycles. The lowest BCUT2D eigenvalue weighted by atomic mass is 9.71. The summed E-state index contributed by atoms with van der Waals surface area (Å²) in [4.78, 5) is 26.9. The molecule has 1 aliphatic heterocycles. The van der Waals surface area contributed by atoms with Gasteiger partial charge in [0.15, 0.2) is 6.10 Å². The maximum absolute atomic E-state index is 13.2. The third-order valence-electron chi connectivity index (χ3n) is 6.81. The second-order valence-electron chi connectivity index (χ2n) is 8.92. The number of hydrogen-bond donors (Lipinski definition) is 1. The highest BCUT2D eigenvalue weighted by atomic mass is 16.5. The Balaban J connectivity index is 1.56. The molecule has 1 aliphatic carbocycles. The molecule has 0 bridgehead atoms. The van der Waals surface area contributed by atoms with Gasteiger partial charge >= 0.3 is 5.63 Å². The van der Waals surface area contributed by atoms with Crippen molar-refractivity contribution in [3.05, 3.63) is 39.7 Å². The Morgan fingerprint density at radius 3 is 2.90 bits per heavy atom. The quantitative estimate of drug-likeness (QED) is 0.775. The van der Waals surface area contributed by atoms with E-state index in [1.54, 1.807) is 6.92 Å². The first kappa shape index (κ1) is 20.9. The number of fused-ring (bicyclic) bond motifs is 2. The Morgan fingerprint density at radius 2 is 2.13 bits per heavy atom. The molecule has 30 heavy (non-hydrogen) atoms. The molecule has 2 heterocycles. The van der Waals surface area contributed by atoms with Crippen LogP contribution in [-0.2, 0) is 11.2 Å². The van der Waals surface area contributed by atoms with Gasteiger partial charge in [0, 0.05) is 25.1 Å². The highest BCUT2D eigenvalue weighted by Gasteiger charge is 2.44. The molecule has 162 valence electrons. The molecule has 1 saturated carbocycles. The molecule has 0 spiro atoms. The predicted molar refractivity (Wildman–Crippen MR) is 115 cm³/mol. The second kappa shape index (κ2) is 8.06. The van der Waals surface area contributed by atoms with Crippen LogP contribution in [0.3, 0.4) is 0 Å². The van der Waals surface area contributed by atoms with Crippen LogP contribution in [0.25, 0.3) is 11.0 Å². The van der Waals surface area contributed by atoms with Crippen LogP contribution in [-0.4, -0.2) is 40.7 Å². The van der Waals surface area contributed by atoms with Crippen LogP contribution in [0.4, 0.5) is 0 Å². The topological polar surface area (TPSA) is 80.0 Å². The molecule has 1 aromatic heterocycles. The molecule has 2 aromatic rings.